The summed E-state index contributed by atoms with van der Waals surface area (Å²) in [4.78, 5) is 24.6. The molecule has 1 aromatic rings. The van der Waals surface area contributed by atoms with Crippen molar-refractivity contribution >= 4 is 39.6 Å². The zero-order chi connectivity index (χ0) is 12.4. The van der Waals surface area contributed by atoms with Crippen molar-refractivity contribution in [2.75, 3.05) is 11.6 Å². The lowest BCUT2D eigenvalue weighted by Crippen LogP contribution is -2.41. The van der Waals surface area contributed by atoms with Crippen molar-refractivity contribution in [2.24, 2.45) is 0 Å². The van der Waals surface area contributed by atoms with E-state index in [4.69, 9.17) is 5.11 Å². The molecule has 1 aliphatic rings. The Morgan fingerprint density at radius 2 is 2.12 bits per heavy atom. The van der Waals surface area contributed by atoms with Gasteiger partial charge in [-0.25, -0.2) is 4.79 Å². The monoisotopic (exact) mass is 315 g/mol. The number of nitrogens with zero attached hydrogens (tertiary/aromatic N) is 1. The van der Waals surface area contributed by atoms with E-state index in [2.05, 4.69) is 15.9 Å². The number of rotatable bonds is 2. The highest BCUT2D eigenvalue weighted by molar-refractivity contribution is 9.10. The number of carbonyl (C=O) groups is 2. The maximum Gasteiger partial charge on any atom is 0.327 e. The molecule has 0 aliphatic carbocycles. The van der Waals surface area contributed by atoms with Gasteiger partial charge in [0.2, 0.25) is 0 Å². The molecular formula is C11H10BrNO3S. The van der Waals surface area contributed by atoms with Crippen LogP contribution in [0.3, 0.4) is 0 Å². The van der Waals surface area contributed by atoms with E-state index in [-0.39, 0.29) is 5.91 Å². The van der Waals surface area contributed by atoms with Crippen LogP contribution in [-0.2, 0) is 4.79 Å². The molecule has 1 saturated heterocycles. The molecule has 6 heteroatoms. The Morgan fingerprint density at radius 1 is 1.41 bits per heavy atom. The van der Waals surface area contributed by atoms with E-state index in [0.29, 0.717) is 21.7 Å². The Bertz CT molecular complexity index is 466. The number of carboxylic acid groups (broad SMARTS) is 1. The van der Waals surface area contributed by atoms with Crippen LogP contribution in [0.4, 0.5) is 0 Å². The number of carboxylic acids is 1. The smallest absolute Gasteiger partial charge is 0.327 e. The lowest BCUT2D eigenvalue weighted by Gasteiger charge is -2.20. The lowest BCUT2D eigenvalue weighted by molar-refractivity contribution is -0.140. The number of benzene rings is 1. The van der Waals surface area contributed by atoms with Crippen molar-refractivity contribution in [2.45, 2.75) is 6.04 Å². The minimum absolute atomic E-state index is 0.241. The second-order valence-electron chi connectivity index (χ2n) is 3.61. The summed E-state index contributed by atoms with van der Waals surface area (Å²) in [6.07, 6.45) is 0. The van der Waals surface area contributed by atoms with Crippen molar-refractivity contribution in [1.82, 2.24) is 4.90 Å². The fourth-order valence-corrected chi connectivity index (χ4v) is 3.24. The number of hydrogen-bond acceptors (Lipinski definition) is 3. The number of thioether (sulfide) groups is 1. The largest absolute Gasteiger partial charge is 0.480 e. The standard InChI is InChI=1S/C11H10BrNO3S/c12-8-4-2-1-3-7(8)10(14)13-6-17-5-9(13)11(15)16/h1-4,9H,5-6H2,(H,15,16)/t9-/m0/s1. The summed E-state index contributed by atoms with van der Waals surface area (Å²) in [7, 11) is 0. The van der Waals surface area contributed by atoms with Gasteiger partial charge in [0.05, 0.1) is 11.4 Å². The highest BCUT2D eigenvalue weighted by Gasteiger charge is 2.35. The molecule has 0 aromatic heterocycles. The fourth-order valence-electron chi connectivity index (χ4n) is 1.64. The third kappa shape index (κ3) is 2.47. The molecule has 90 valence electrons. The summed E-state index contributed by atoms with van der Waals surface area (Å²) < 4.78 is 0.686. The zero-order valence-corrected chi connectivity index (χ0v) is 11.2. The molecule has 17 heavy (non-hydrogen) atoms. The minimum Gasteiger partial charge on any atom is -0.480 e. The molecule has 1 amide bonds. The summed E-state index contributed by atoms with van der Waals surface area (Å²) in [5.41, 5.74) is 0.501. The molecule has 0 radical (unpaired) electrons. The third-order valence-electron chi connectivity index (χ3n) is 2.53. The van der Waals surface area contributed by atoms with Crippen LogP contribution in [0.1, 0.15) is 10.4 Å². The Hall–Kier alpha value is -1.01. The Kier molecular flexibility index (Phi) is 3.73. The molecule has 1 aliphatic heterocycles. The molecule has 1 aromatic carbocycles. The first-order valence-electron chi connectivity index (χ1n) is 4.97. The molecule has 1 N–H and O–H groups in total. The SMILES string of the molecule is O=C(O)[C@@H]1CSCN1C(=O)c1ccccc1Br. The van der Waals surface area contributed by atoms with Gasteiger partial charge in [0.15, 0.2) is 0 Å². The van der Waals surface area contributed by atoms with Crippen molar-refractivity contribution in [1.29, 1.82) is 0 Å². The van der Waals surface area contributed by atoms with E-state index in [1.165, 1.54) is 16.7 Å². The van der Waals surface area contributed by atoms with E-state index in [1.807, 2.05) is 6.07 Å². The zero-order valence-electron chi connectivity index (χ0n) is 8.80. The van der Waals surface area contributed by atoms with E-state index in [0.717, 1.165) is 0 Å². The Balaban J connectivity index is 2.26. The number of amides is 1. The molecule has 1 heterocycles. The van der Waals surface area contributed by atoms with Crippen LogP contribution in [0.15, 0.2) is 28.7 Å². The van der Waals surface area contributed by atoms with Gasteiger partial charge in [-0.1, -0.05) is 12.1 Å². The van der Waals surface area contributed by atoms with Gasteiger partial charge in [-0.3, -0.25) is 4.79 Å². The molecule has 0 saturated carbocycles. The van der Waals surface area contributed by atoms with E-state index < -0.39 is 12.0 Å². The predicted octanol–water partition coefficient (Wildman–Crippen LogP) is 2.05. The molecule has 0 spiro atoms. The second kappa shape index (κ2) is 5.10. The average Bonchev–Trinajstić information content (AvgIpc) is 2.77. The quantitative estimate of drug-likeness (QED) is 0.907. The highest BCUT2D eigenvalue weighted by atomic mass is 79.9. The molecule has 1 atom stereocenters. The molecular weight excluding hydrogens is 306 g/mol. The van der Waals surface area contributed by atoms with Crippen LogP contribution >= 0.6 is 27.7 Å². The van der Waals surface area contributed by atoms with Crippen LogP contribution in [0, 0.1) is 0 Å². The van der Waals surface area contributed by atoms with Crippen LogP contribution < -0.4 is 0 Å². The summed E-state index contributed by atoms with van der Waals surface area (Å²) in [6, 6.07) is 6.31. The first kappa shape index (κ1) is 12.4. The van der Waals surface area contributed by atoms with Gasteiger partial charge in [0, 0.05) is 10.2 Å². The summed E-state index contributed by atoms with van der Waals surface area (Å²) in [6.45, 7) is 0. The molecule has 2 rings (SSSR count). The van der Waals surface area contributed by atoms with Crippen molar-refractivity contribution < 1.29 is 14.7 Å². The Labute approximate surface area is 111 Å². The molecule has 1 fully saturated rings. The van der Waals surface area contributed by atoms with Gasteiger partial charge in [-0.2, -0.15) is 0 Å². The minimum atomic E-state index is -0.949. The van der Waals surface area contributed by atoms with Crippen LogP contribution in [0.2, 0.25) is 0 Å². The van der Waals surface area contributed by atoms with Gasteiger partial charge < -0.3 is 10.0 Å². The third-order valence-corrected chi connectivity index (χ3v) is 4.24. The predicted molar refractivity (Wildman–Crippen MR) is 69.1 cm³/mol. The Morgan fingerprint density at radius 3 is 2.76 bits per heavy atom. The number of carbonyl (C=O) groups excluding carboxylic acids is 1. The number of halogens is 1. The van der Waals surface area contributed by atoms with Gasteiger partial charge in [-0.05, 0) is 28.1 Å². The topological polar surface area (TPSA) is 57.6 Å². The van der Waals surface area contributed by atoms with Crippen LogP contribution in [0.5, 0.6) is 0 Å². The molecule has 0 bridgehead atoms. The van der Waals surface area contributed by atoms with Crippen LogP contribution in [0.25, 0.3) is 0 Å². The summed E-state index contributed by atoms with van der Waals surface area (Å²) in [5, 5.41) is 9.03. The van der Waals surface area contributed by atoms with Gasteiger partial charge in [-0.15, -0.1) is 11.8 Å². The van der Waals surface area contributed by atoms with Crippen molar-refractivity contribution in [3.05, 3.63) is 34.3 Å². The number of aliphatic carboxylic acids is 1. The second-order valence-corrected chi connectivity index (χ2v) is 5.46. The normalized spacial score (nSPS) is 19.4. The van der Waals surface area contributed by atoms with Gasteiger partial charge in [0.1, 0.15) is 6.04 Å². The first-order valence-corrected chi connectivity index (χ1v) is 6.92. The molecule has 0 unspecified atom stereocenters. The van der Waals surface area contributed by atoms with Crippen LogP contribution in [-0.4, -0.2) is 39.6 Å². The lowest BCUT2D eigenvalue weighted by atomic mass is 10.2. The summed E-state index contributed by atoms with van der Waals surface area (Å²) >= 11 is 4.76. The van der Waals surface area contributed by atoms with Crippen molar-refractivity contribution in [3.8, 4) is 0 Å². The maximum absolute atomic E-state index is 12.2. The number of hydrogen-bond donors (Lipinski definition) is 1. The van der Waals surface area contributed by atoms with E-state index in [1.54, 1.807) is 18.2 Å². The van der Waals surface area contributed by atoms with E-state index >= 15 is 0 Å². The van der Waals surface area contributed by atoms with Crippen molar-refractivity contribution in [3.63, 3.8) is 0 Å². The average molecular weight is 316 g/mol. The van der Waals surface area contributed by atoms with Gasteiger partial charge in [0.25, 0.3) is 5.91 Å². The highest BCUT2D eigenvalue weighted by Crippen LogP contribution is 2.26. The fraction of sp³-hybridized carbons (Fsp3) is 0.273. The summed E-state index contributed by atoms with van der Waals surface area (Å²) in [5.74, 6) is -0.312. The van der Waals surface area contributed by atoms with Gasteiger partial charge >= 0.3 is 5.97 Å². The maximum atomic E-state index is 12.2. The first-order chi connectivity index (χ1) is 8.11. The molecule has 4 nitrogen and oxygen atoms in total. The van der Waals surface area contributed by atoms with E-state index in [9.17, 15) is 9.59 Å².